The zero-order valence-corrected chi connectivity index (χ0v) is 16.7. The van der Waals surface area contributed by atoms with Gasteiger partial charge in [0.1, 0.15) is 5.82 Å². The second-order valence-corrected chi connectivity index (χ2v) is 7.23. The molecule has 0 atom stereocenters. The molecular formula is C25H21N3O2. The van der Waals surface area contributed by atoms with E-state index in [0.29, 0.717) is 12.1 Å². The molecule has 1 heterocycles. The van der Waals surface area contributed by atoms with E-state index < -0.39 is 5.97 Å². The fourth-order valence-corrected chi connectivity index (χ4v) is 3.70. The highest BCUT2D eigenvalue weighted by molar-refractivity contribution is 5.92. The van der Waals surface area contributed by atoms with Gasteiger partial charge in [-0.2, -0.15) is 5.26 Å². The Hall–Kier alpha value is -3.91. The Kier molecular flexibility index (Phi) is 5.32. The van der Waals surface area contributed by atoms with Crippen LogP contribution in [-0.4, -0.2) is 20.6 Å². The van der Waals surface area contributed by atoms with Crippen LogP contribution in [0.1, 0.15) is 40.7 Å². The number of aryl methyl sites for hydroxylation is 1. The van der Waals surface area contributed by atoms with Crippen molar-refractivity contribution in [3.8, 4) is 17.2 Å². The lowest BCUT2D eigenvalue weighted by Crippen LogP contribution is -2.06. The van der Waals surface area contributed by atoms with Crippen LogP contribution in [-0.2, 0) is 13.0 Å². The molecule has 3 aromatic carbocycles. The van der Waals surface area contributed by atoms with Crippen LogP contribution in [0.15, 0.2) is 66.7 Å². The van der Waals surface area contributed by atoms with Crippen molar-refractivity contribution in [2.24, 2.45) is 0 Å². The van der Waals surface area contributed by atoms with Gasteiger partial charge in [-0.05, 0) is 47.4 Å². The molecule has 0 spiro atoms. The van der Waals surface area contributed by atoms with E-state index in [-0.39, 0.29) is 5.56 Å². The smallest absolute Gasteiger partial charge is 0.335 e. The normalized spacial score (nSPS) is 10.8. The van der Waals surface area contributed by atoms with Crippen LogP contribution in [0.4, 0.5) is 0 Å². The minimum Gasteiger partial charge on any atom is -0.478 e. The number of carboxylic acids is 1. The quantitative estimate of drug-likeness (QED) is 0.482. The molecule has 1 aromatic heterocycles. The summed E-state index contributed by atoms with van der Waals surface area (Å²) in [6.07, 6.45) is 1.78. The first-order chi connectivity index (χ1) is 14.6. The highest BCUT2D eigenvalue weighted by atomic mass is 16.4. The van der Waals surface area contributed by atoms with E-state index in [4.69, 9.17) is 4.98 Å². The van der Waals surface area contributed by atoms with E-state index in [0.717, 1.165) is 46.4 Å². The van der Waals surface area contributed by atoms with Crippen LogP contribution in [0, 0.1) is 11.3 Å². The molecule has 0 bridgehead atoms. The molecule has 5 nitrogen and oxygen atoms in total. The van der Waals surface area contributed by atoms with Crippen molar-refractivity contribution < 1.29 is 9.90 Å². The molecule has 0 fully saturated rings. The van der Waals surface area contributed by atoms with Gasteiger partial charge in [0.05, 0.1) is 28.2 Å². The van der Waals surface area contributed by atoms with Crippen LogP contribution < -0.4 is 0 Å². The van der Waals surface area contributed by atoms with Gasteiger partial charge in [0.15, 0.2) is 0 Å². The first kappa shape index (κ1) is 19.4. The fourth-order valence-electron chi connectivity index (χ4n) is 3.70. The van der Waals surface area contributed by atoms with E-state index in [2.05, 4.69) is 17.6 Å². The lowest BCUT2D eigenvalue weighted by atomic mass is 9.99. The topological polar surface area (TPSA) is 78.9 Å². The van der Waals surface area contributed by atoms with Crippen LogP contribution in [0.25, 0.3) is 22.2 Å². The molecule has 4 rings (SSSR count). The lowest BCUT2D eigenvalue weighted by Gasteiger charge is -2.11. The number of carbonyl (C=O) groups is 1. The van der Waals surface area contributed by atoms with Crippen molar-refractivity contribution >= 4 is 17.0 Å². The van der Waals surface area contributed by atoms with Gasteiger partial charge < -0.3 is 9.67 Å². The third-order valence-corrected chi connectivity index (χ3v) is 5.20. The Bertz CT molecular complexity index is 1260. The van der Waals surface area contributed by atoms with Gasteiger partial charge in [-0.15, -0.1) is 0 Å². The maximum Gasteiger partial charge on any atom is 0.335 e. The predicted molar refractivity (Wildman–Crippen MR) is 116 cm³/mol. The van der Waals surface area contributed by atoms with E-state index in [1.165, 1.54) is 0 Å². The summed E-state index contributed by atoms with van der Waals surface area (Å²) in [7, 11) is 0. The number of nitriles is 1. The number of aromatic carboxylic acids is 1. The Morgan fingerprint density at radius 1 is 1.10 bits per heavy atom. The van der Waals surface area contributed by atoms with Crippen molar-refractivity contribution in [2.45, 2.75) is 26.3 Å². The van der Waals surface area contributed by atoms with Crippen LogP contribution in [0.2, 0.25) is 0 Å². The first-order valence-corrected chi connectivity index (χ1v) is 9.91. The number of aromatic nitrogens is 2. The van der Waals surface area contributed by atoms with Gasteiger partial charge >= 0.3 is 5.97 Å². The number of carboxylic acid groups (broad SMARTS) is 1. The molecule has 0 unspecified atom stereocenters. The highest BCUT2D eigenvalue weighted by Gasteiger charge is 2.14. The van der Waals surface area contributed by atoms with Crippen molar-refractivity contribution in [3.63, 3.8) is 0 Å². The molecule has 0 saturated heterocycles. The summed E-state index contributed by atoms with van der Waals surface area (Å²) in [5.41, 5.74) is 5.55. The summed E-state index contributed by atoms with van der Waals surface area (Å²) >= 11 is 0. The maximum absolute atomic E-state index is 11.4. The number of fused-ring (bicyclic) bond motifs is 1. The van der Waals surface area contributed by atoms with Crippen molar-refractivity contribution in [1.29, 1.82) is 5.26 Å². The lowest BCUT2D eigenvalue weighted by molar-refractivity contribution is 0.0697. The Morgan fingerprint density at radius 2 is 1.87 bits per heavy atom. The third-order valence-electron chi connectivity index (χ3n) is 5.20. The minimum absolute atomic E-state index is 0.259. The molecule has 0 aliphatic rings. The van der Waals surface area contributed by atoms with E-state index >= 15 is 0 Å². The van der Waals surface area contributed by atoms with E-state index in [1.54, 1.807) is 18.2 Å². The number of nitrogens with zero attached hydrogens (tertiary/aromatic N) is 3. The van der Waals surface area contributed by atoms with Crippen molar-refractivity contribution in [1.82, 2.24) is 9.55 Å². The average Bonchev–Trinajstić information content (AvgIpc) is 3.11. The summed E-state index contributed by atoms with van der Waals surface area (Å²) in [5.74, 6) is 0.0103. The Balaban J connectivity index is 1.71. The zero-order valence-electron chi connectivity index (χ0n) is 16.7. The number of benzene rings is 3. The van der Waals surface area contributed by atoms with Gasteiger partial charge in [0.2, 0.25) is 0 Å². The molecule has 30 heavy (non-hydrogen) atoms. The SMILES string of the molecule is CCCc1nc2ccc(C(=O)O)cc2n1Cc1ccc(-c2ccccc2C#N)cc1. The van der Waals surface area contributed by atoms with Crippen molar-refractivity contribution in [2.75, 3.05) is 0 Å². The summed E-state index contributed by atoms with van der Waals surface area (Å²) in [5, 5.41) is 18.7. The molecule has 0 amide bonds. The Labute approximate surface area is 174 Å². The third kappa shape index (κ3) is 3.68. The minimum atomic E-state index is -0.942. The summed E-state index contributed by atoms with van der Waals surface area (Å²) < 4.78 is 2.10. The maximum atomic E-state index is 11.4. The first-order valence-electron chi connectivity index (χ1n) is 9.91. The Morgan fingerprint density at radius 3 is 2.57 bits per heavy atom. The molecule has 0 saturated carbocycles. The molecule has 0 aliphatic carbocycles. The summed E-state index contributed by atoms with van der Waals surface area (Å²) in [6.45, 7) is 2.71. The second-order valence-electron chi connectivity index (χ2n) is 7.23. The van der Waals surface area contributed by atoms with Gasteiger partial charge in [-0.25, -0.2) is 9.78 Å². The van der Waals surface area contributed by atoms with Crippen LogP contribution >= 0.6 is 0 Å². The number of rotatable bonds is 6. The standard InChI is InChI=1S/C25H21N3O2/c1-2-5-24-27-22-13-12-19(25(29)30)14-23(22)28(24)16-17-8-10-18(11-9-17)21-7-4-3-6-20(21)15-26/h3-4,6-14H,2,5,16H2,1H3,(H,29,30). The second kappa shape index (κ2) is 8.22. The number of imidazole rings is 1. The molecule has 0 aliphatic heterocycles. The average molecular weight is 395 g/mol. The summed E-state index contributed by atoms with van der Waals surface area (Å²) in [6, 6.07) is 23.0. The van der Waals surface area contributed by atoms with E-state index in [9.17, 15) is 15.2 Å². The van der Waals surface area contributed by atoms with Gasteiger partial charge in [0.25, 0.3) is 0 Å². The van der Waals surface area contributed by atoms with Gasteiger partial charge in [-0.1, -0.05) is 49.4 Å². The van der Waals surface area contributed by atoms with E-state index in [1.807, 2.05) is 48.5 Å². The monoisotopic (exact) mass is 395 g/mol. The molecule has 0 radical (unpaired) electrons. The molecular weight excluding hydrogens is 374 g/mol. The number of hydrogen-bond donors (Lipinski definition) is 1. The van der Waals surface area contributed by atoms with Crippen LogP contribution in [0.3, 0.4) is 0 Å². The number of hydrogen-bond acceptors (Lipinski definition) is 3. The predicted octanol–water partition coefficient (Wildman–Crippen LogP) is 5.27. The molecule has 148 valence electrons. The van der Waals surface area contributed by atoms with Gasteiger partial charge in [-0.3, -0.25) is 0 Å². The molecule has 5 heteroatoms. The fraction of sp³-hybridized carbons (Fsp3) is 0.160. The zero-order chi connectivity index (χ0) is 21.1. The van der Waals surface area contributed by atoms with Crippen LogP contribution in [0.5, 0.6) is 0 Å². The highest BCUT2D eigenvalue weighted by Crippen LogP contribution is 2.25. The molecule has 1 N–H and O–H groups in total. The largest absolute Gasteiger partial charge is 0.478 e. The molecule has 4 aromatic rings. The van der Waals surface area contributed by atoms with Gasteiger partial charge in [0, 0.05) is 13.0 Å². The summed E-state index contributed by atoms with van der Waals surface area (Å²) in [4.78, 5) is 16.1. The van der Waals surface area contributed by atoms with Crippen molar-refractivity contribution in [3.05, 3.63) is 89.2 Å².